The molecule has 4 rings (SSSR count). The van der Waals surface area contributed by atoms with Crippen LogP contribution in [0.2, 0.25) is 0 Å². The fourth-order valence-corrected chi connectivity index (χ4v) is 5.56. The van der Waals surface area contributed by atoms with Crippen molar-refractivity contribution in [3.63, 3.8) is 0 Å². The molecule has 1 saturated heterocycles. The number of ether oxygens (including phenoxy) is 1. The van der Waals surface area contributed by atoms with Crippen molar-refractivity contribution in [2.24, 2.45) is 0 Å². The number of halogens is 4. The normalized spacial score (nSPS) is 13.2. The van der Waals surface area contributed by atoms with Gasteiger partial charge in [-0.2, -0.15) is 27.4 Å². The number of nitrogens with one attached hydrogen (secondary N) is 4. The fraction of sp³-hybridized carbons (Fsp3) is 0.379. The maximum absolute atomic E-state index is 13.6. The van der Waals surface area contributed by atoms with E-state index in [2.05, 4.69) is 42.2 Å². The summed E-state index contributed by atoms with van der Waals surface area (Å²) >= 11 is 0.106. The largest absolute Gasteiger partial charge is 0.479 e. The summed E-state index contributed by atoms with van der Waals surface area (Å²) in [6.07, 6.45) is -2.17. The molecule has 1 amide bonds. The first kappa shape index (κ1) is 40.0. The molecule has 0 aliphatic carbocycles. The van der Waals surface area contributed by atoms with Gasteiger partial charge in [0.1, 0.15) is 35.2 Å². The molecule has 19 heteroatoms. The van der Waals surface area contributed by atoms with Crippen LogP contribution in [0.25, 0.3) is 0 Å². The van der Waals surface area contributed by atoms with Crippen LogP contribution < -0.4 is 30.3 Å². The molecule has 1 aliphatic rings. The van der Waals surface area contributed by atoms with E-state index in [-0.39, 0.29) is 35.8 Å². The molecule has 0 radical (unpaired) electrons. The van der Waals surface area contributed by atoms with E-state index < -0.39 is 27.6 Å². The maximum Gasteiger partial charge on any atom is 0.421 e. The van der Waals surface area contributed by atoms with Crippen molar-refractivity contribution in [1.29, 1.82) is 0 Å². The standard InChI is InChI=1S/C24H28F3N7O3S.C4H7NO.CH4FNS/c1-3-15-38(35,36)34-13-11-33(12-14-34)20-10-9-19(22(31-20)37-2)30-23-28-16-18(24(25,26)27)21(32-23)29-17-7-5-4-6-8-17;1-3-4(6)5-2;1-3-4-2/h4-10,16H,3,11-15H2,1-2H3,(H2,28,29,30,32);3H,1H2,2H3,(H,5,6);3H,1H3. The third kappa shape index (κ3) is 12.4. The van der Waals surface area contributed by atoms with Crippen molar-refractivity contribution < 1.29 is 35.0 Å². The second kappa shape index (κ2) is 19.6. The molecule has 0 spiro atoms. The Morgan fingerprint density at radius 3 is 2.21 bits per heavy atom. The summed E-state index contributed by atoms with van der Waals surface area (Å²) in [5, 5.41) is 7.93. The van der Waals surface area contributed by atoms with Crippen molar-refractivity contribution in [2.75, 3.05) is 68.7 Å². The number of nitrogens with zero attached hydrogens (tertiary/aromatic N) is 5. The smallest absolute Gasteiger partial charge is 0.421 e. The Kier molecular flexibility index (Phi) is 16.3. The molecule has 0 atom stereocenters. The number of benzene rings is 1. The Morgan fingerprint density at radius 2 is 1.71 bits per heavy atom. The molecule has 3 heterocycles. The highest BCUT2D eigenvalue weighted by Crippen LogP contribution is 2.36. The molecule has 48 heavy (non-hydrogen) atoms. The van der Waals surface area contributed by atoms with Gasteiger partial charge in [0, 0.05) is 45.1 Å². The number of para-hydroxylation sites is 1. The number of amides is 1. The number of likely N-dealkylation sites (N-methyl/N-ethyl adjacent to an activating group) is 1. The van der Waals surface area contributed by atoms with Crippen molar-refractivity contribution in [2.45, 2.75) is 19.5 Å². The molecule has 1 aromatic carbocycles. The van der Waals surface area contributed by atoms with E-state index in [0.29, 0.717) is 56.0 Å². The molecular weight excluding hydrogens is 679 g/mol. The SMILES string of the molecule is C=CC(=O)NC.CCCS(=O)(=O)N1CCN(c2ccc(Nc3ncc(C(F)(F)F)c(Nc4ccccc4)n3)c(OC)n2)CC1.CNSF. The van der Waals surface area contributed by atoms with Gasteiger partial charge in [0.05, 0.1) is 12.9 Å². The van der Waals surface area contributed by atoms with E-state index in [0.717, 1.165) is 0 Å². The number of rotatable bonds is 11. The summed E-state index contributed by atoms with van der Waals surface area (Å²) in [5.74, 6) is 0.257. The van der Waals surface area contributed by atoms with E-state index in [1.165, 1.54) is 24.5 Å². The monoisotopic (exact) mass is 717 g/mol. The van der Waals surface area contributed by atoms with Crippen LogP contribution >= 0.6 is 12.3 Å². The van der Waals surface area contributed by atoms with Crippen LogP contribution in [0.5, 0.6) is 5.88 Å². The van der Waals surface area contributed by atoms with E-state index in [1.54, 1.807) is 49.5 Å². The summed E-state index contributed by atoms with van der Waals surface area (Å²) in [5.41, 5.74) is -0.216. The van der Waals surface area contributed by atoms with Gasteiger partial charge in [-0.05, 0) is 43.8 Å². The number of anilines is 5. The number of aromatic nitrogens is 3. The average molecular weight is 718 g/mol. The number of hydrogen-bond donors (Lipinski definition) is 4. The molecule has 0 unspecified atom stereocenters. The van der Waals surface area contributed by atoms with Crippen LogP contribution in [-0.4, -0.2) is 86.7 Å². The number of carbonyl (C=O) groups is 1. The molecule has 0 bridgehead atoms. The van der Waals surface area contributed by atoms with Crippen LogP contribution in [-0.2, 0) is 21.0 Å². The van der Waals surface area contributed by atoms with Gasteiger partial charge in [-0.15, -0.1) is 3.89 Å². The Bertz CT molecular complexity index is 1560. The molecule has 264 valence electrons. The lowest BCUT2D eigenvalue weighted by Gasteiger charge is -2.34. The second-order valence-electron chi connectivity index (χ2n) is 9.60. The predicted octanol–water partition coefficient (Wildman–Crippen LogP) is 4.90. The molecule has 1 aliphatic heterocycles. The number of pyridine rings is 1. The van der Waals surface area contributed by atoms with Crippen molar-refractivity contribution >= 4 is 57.2 Å². The van der Waals surface area contributed by atoms with E-state index in [9.17, 15) is 30.3 Å². The Labute approximate surface area is 282 Å². The fourth-order valence-electron chi connectivity index (χ4n) is 4.07. The van der Waals surface area contributed by atoms with Crippen LogP contribution in [0.4, 0.5) is 46.0 Å². The minimum absolute atomic E-state index is 0.0842. The van der Waals surface area contributed by atoms with Gasteiger partial charge < -0.3 is 25.6 Å². The molecule has 3 aromatic rings. The summed E-state index contributed by atoms with van der Waals surface area (Å²) in [6, 6.07) is 11.8. The minimum Gasteiger partial charge on any atom is -0.479 e. The highest BCUT2D eigenvalue weighted by molar-refractivity contribution is 7.92. The van der Waals surface area contributed by atoms with Crippen LogP contribution in [0.1, 0.15) is 18.9 Å². The predicted molar refractivity (Wildman–Crippen MR) is 181 cm³/mol. The summed E-state index contributed by atoms with van der Waals surface area (Å²) < 4.78 is 85.0. The van der Waals surface area contributed by atoms with E-state index in [1.807, 2.05) is 11.8 Å². The Balaban J connectivity index is 0.000000700. The van der Waals surface area contributed by atoms with Gasteiger partial charge in [0.25, 0.3) is 0 Å². The summed E-state index contributed by atoms with van der Waals surface area (Å²) in [6.45, 7) is 6.67. The molecule has 4 N–H and O–H groups in total. The van der Waals surface area contributed by atoms with Gasteiger partial charge in [0.15, 0.2) is 0 Å². The van der Waals surface area contributed by atoms with Crippen molar-refractivity contribution in [3.05, 3.63) is 66.9 Å². The third-order valence-electron chi connectivity index (χ3n) is 6.34. The molecular formula is C29H39F4N9O4S2. The third-order valence-corrected chi connectivity index (χ3v) is 8.57. The summed E-state index contributed by atoms with van der Waals surface area (Å²) in [7, 11) is 1.23. The maximum atomic E-state index is 13.6. The van der Waals surface area contributed by atoms with E-state index in [4.69, 9.17) is 4.74 Å². The minimum atomic E-state index is -4.66. The molecule has 2 aromatic heterocycles. The van der Waals surface area contributed by atoms with Crippen molar-refractivity contribution in [1.82, 2.24) is 29.3 Å². The van der Waals surface area contributed by atoms with Gasteiger partial charge >= 0.3 is 6.18 Å². The number of carbonyl (C=O) groups excluding carboxylic acids is 1. The van der Waals surface area contributed by atoms with Crippen molar-refractivity contribution in [3.8, 4) is 5.88 Å². The zero-order valence-corrected chi connectivity index (χ0v) is 28.5. The quantitative estimate of drug-likeness (QED) is 0.121. The molecule has 0 saturated carbocycles. The first-order chi connectivity index (χ1) is 22.8. The average Bonchev–Trinajstić information content (AvgIpc) is 3.08. The van der Waals surface area contributed by atoms with Crippen LogP contribution in [0.15, 0.2) is 61.3 Å². The number of piperazine rings is 1. The van der Waals surface area contributed by atoms with Crippen LogP contribution in [0, 0.1) is 0 Å². The lowest BCUT2D eigenvalue weighted by molar-refractivity contribution is -0.137. The Morgan fingerprint density at radius 1 is 1.06 bits per heavy atom. The zero-order valence-electron chi connectivity index (χ0n) is 26.8. The highest BCUT2D eigenvalue weighted by atomic mass is 32.2. The molecule has 13 nitrogen and oxygen atoms in total. The van der Waals surface area contributed by atoms with Gasteiger partial charge in [0.2, 0.25) is 27.8 Å². The zero-order chi connectivity index (χ0) is 35.7. The number of sulfonamides is 1. The first-order valence-corrected chi connectivity index (χ1v) is 16.8. The second-order valence-corrected chi connectivity index (χ2v) is 12.2. The van der Waals surface area contributed by atoms with Gasteiger partial charge in [-0.1, -0.05) is 31.7 Å². The first-order valence-electron chi connectivity index (χ1n) is 14.4. The highest BCUT2D eigenvalue weighted by Gasteiger charge is 2.35. The van der Waals surface area contributed by atoms with Gasteiger partial charge in [-0.3, -0.25) is 4.79 Å². The lowest BCUT2D eigenvalue weighted by atomic mass is 10.2. The number of hydrogen-bond acceptors (Lipinski definition) is 12. The van der Waals surface area contributed by atoms with E-state index >= 15 is 0 Å². The van der Waals surface area contributed by atoms with Crippen LogP contribution in [0.3, 0.4) is 0 Å². The lowest BCUT2D eigenvalue weighted by Crippen LogP contribution is -2.49. The topological polar surface area (TPSA) is 154 Å². The summed E-state index contributed by atoms with van der Waals surface area (Å²) in [4.78, 5) is 24.3. The molecule has 1 fully saturated rings. The Hall–Kier alpha value is -4.20. The number of methoxy groups -OCH3 is 1. The van der Waals surface area contributed by atoms with Gasteiger partial charge in [-0.25, -0.2) is 18.1 Å². The number of alkyl halides is 3.